The molecule has 1 saturated heterocycles. The van der Waals surface area contributed by atoms with Gasteiger partial charge in [0.2, 0.25) is 0 Å². The summed E-state index contributed by atoms with van der Waals surface area (Å²) in [6, 6.07) is 1.76. The van der Waals surface area contributed by atoms with Gasteiger partial charge < -0.3 is 9.42 Å². The topological polar surface area (TPSA) is 89.9 Å². The number of hydrogen-bond acceptors (Lipinski definition) is 6. The number of amides is 1. The highest BCUT2D eigenvalue weighted by molar-refractivity contribution is 5.92. The molecule has 1 aliphatic heterocycles. The predicted octanol–water partition coefficient (Wildman–Crippen LogP) is 2.50. The van der Waals surface area contributed by atoms with Crippen LogP contribution in [0.2, 0.25) is 0 Å². The monoisotopic (exact) mass is 366 g/mol. The number of carbonyl (C=O) groups excluding carboxylic acids is 1. The second-order valence-electron chi connectivity index (χ2n) is 6.97. The van der Waals surface area contributed by atoms with Gasteiger partial charge in [-0.1, -0.05) is 5.16 Å². The van der Waals surface area contributed by atoms with Crippen molar-refractivity contribution in [2.75, 3.05) is 13.1 Å². The van der Waals surface area contributed by atoms with Crippen LogP contribution in [0.1, 0.15) is 46.4 Å². The van der Waals surface area contributed by atoms with Crippen LogP contribution in [-0.4, -0.2) is 48.8 Å². The van der Waals surface area contributed by atoms with Crippen LogP contribution < -0.4 is 0 Å². The van der Waals surface area contributed by atoms with E-state index in [1.165, 1.54) is 0 Å². The van der Waals surface area contributed by atoms with Crippen molar-refractivity contribution in [2.45, 2.75) is 32.6 Å². The lowest BCUT2D eigenvalue weighted by molar-refractivity contribution is 0.0705. The Morgan fingerprint density at radius 2 is 1.96 bits per heavy atom. The van der Waals surface area contributed by atoms with E-state index in [1.54, 1.807) is 23.1 Å². The third kappa shape index (κ3) is 3.34. The molecule has 0 spiro atoms. The minimum absolute atomic E-state index is 0.00566. The summed E-state index contributed by atoms with van der Waals surface area (Å²) >= 11 is 0. The van der Waals surface area contributed by atoms with E-state index in [1.807, 2.05) is 32.0 Å². The van der Waals surface area contributed by atoms with Crippen molar-refractivity contribution >= 4 is 5.91 Å². The normalized spacial score (nSPS) is 15.3. The summed E-state index contributed by atoms with van der Waals surface area (Å²) in [4.78, 5) is 23.6. The van der Waals surface area contributed by atoms with E-state index in [9.17, 15) is 4.79 Å². The van der Waals surface area contributed by atoms with Gasteiger partial charge in [-0.25, -0.2) is 0 Å². The van der Waals surface area contributed by atoms with E-state index >= 15 is 0 Å². The van der Waals surface area contributed by atoms with Crippen molar-refractivity contribution in [3.63, 3.8) is 0 Å². The molecule has 0 N–H and O–H groups in total. The average Bonchev–Trinajstić information content (AvgIpc) is 3.27. The SMILES string of the molecule is Cc1noc(C)c1-c1cnc(C2CCN(C(=O)c3ccn(C)n3)CC2)cn1. The third-order valence-electron chi connectivity index (χ3n) is 5.09. The number of nitrogens with zero attached hydrogens (tertiary/aromatic N) is 6. The molecule has 0 radical (unpaired) electrons. The maximum Gasteiger partial charge on any atom is 0.274 e. The molecule has 0 saturated carbocycles. The molecule has 0 atom stereocenters. The molecule has 0 aliphatic carbocycles. The molecule has 4 rings (SSSR count). The molecule has 27 heavy (non-hydrogen) atoms. The molecule has 8 heteroatoms. The van der Waals surface area contributed by atoms with Crippen LogP contribution >= 0.6 is 0 Å². The molecular formula is C19H22N6O2. The highest BCUT2D eigenvalue weighted by Crippen LogP contribution is 2.29. The highest BCUT2D eigenvalue weighted by Gasteiger charge is 2.26. The van der Waals surface area contributed by atoms with Crippen LogP contribution in [0.5, 0.6) is 0 Å². The number of likely N-dealkylation sites (tertiary alicyclic amines) is 1. The van der Waals surface area contributed by atoms with Gasteiger partial charge in [0.05, 0.1) is 28.8 Å². The molecule has 0 aromatic carbocycles. The van der Waals surface area contributed by atoms with Gasteiger partial charge in [-0.15, -0.1) is 0 Å². The second-order valence-corrected chi connectivity index (χ2v) is 6.97. The van der Waals surface area contributed by atoms with Crippen molar-refractivity contribution in [1.29, 1.82) is 0 Å². The zero-order valence-corrected chi connectivity index (χ0v) is 15.7. The standard InChI is InChI=1S/C19H22N6O2/c1-12-18(13(2)27-23-12)17-11-20-16(10-21-17)14-4-8-25(9-5-14)19(26)15-6-7-24(3)22-15/h6-7,10-11,14H,4-5,8-9H2,1-3H3. The summed E-state index contributed by atoms with van der Waals surface area (Å²) in [5, 5.41) is 8.17. The quantitative estimate of drug-likeness (QED) is 0.707. The van der Waals surface area contributed by atoms with Gasteiger partial charge in [0.15, 0.2) is 0 Å². The van der Waals surface area contributed by atoms with Crippen molar-refractivity contribution in [3.8, 4) is 11.3 Å². The van der Waals surface area contributed by atoms with E-state index in [-0.39, 0.29) is 5.91 Å². The van der Waals surface area contributed by atoms with Crippen LogP contribution in [0.3, 0.4) is 0 Å². The molecule has 1 amide bonds. The van der Waals surface area contributed by atoms with Crippen molar-refractivity contribution < 1.29 is 9.32 Å². The number of hydrogen-bond donors (Lipinski definition) is 0. The number of aromatic nitrogens is 5. The van der Waals surface area contributed by atoms with Crippen molar-refractivity contribution in [2.24, 2.45) is 7.05 Å². The van der Waals surface area contributed by atoms with Crippen LogP contribution in [0.25, 0.3) is 11.3 Å². The molecule has 8 nitrogen and oxygen atoms in total. The Morgan fingerprint density at radius 3 is 2.52 bits per heavy atom. The maximum absolute atomic E-state index is 12.5. The van der Waals surface area contributed by atoms with Gasteiger partial charge in [0.25, 0.3) is 5.91 Å². The molecule has 140 valence electrons. The smallest absolute Gasteiger partial charge is 0.274 e. The van der Waals surface area contributed by atoms with Gasteiger partial charge in [0.1, 0.15) is 11.5 Å². The molecular weight excluding hydrogens is 344 g/mol. The first-order valence-corrected chi connectivity index (χ1v) is 9.07. The van der Waals surface area contributed by atoms with Gasteiger partial charge in [-0.2, -0.15) is 5.10 Å². The number of aryl methyl sites for hydroxylation is 3. The van der Waals surface area contributed by atoms with E-state index in [0.717, 1.165) is 41.2 Å². The first-order chi connectivity index (χ1) is 13.0. The fraction of sp³-hybridized carbons (Fsp3) is 0.421. The Morgan fingerprint density at radius 1 is 1.19 bits per heavy atom. The predicted molar refractivity (Wildman–Crippen MR) is 98.1 cm³/mol. The van der Waals surface area contributed by atoms with E-state index in [4.69, 9.17) is 4.52 Å². The minimum atomic E-state index is -0.00566. The zero-order chi connectivity index (χ0) is 19.0. The van der Waals surface area contributed by atoms with Crippen LogP contribution in [-0.2, 0) is 7.05 Å². The van der Waals surface area contributed by atoms with Crippen molar-refractivity contribution in [3.05, 3.63) is 47.5 Å². The van der Waals surface area contributed by atoms with Crippen LogP contribution in [0.4, 0.5) is 0 Å². The average molecular weight is 366 g/mol. The number of carbonyl (C=O) groups is 1. The van der Waals surface area contributed by atoms with Crippen LogP contribution in [0, 0.1) is 13.8 Å². The fourth-order valence-electron chi connectivity index (χ4n) is 3.60. The lowest BCUT2D eigenvalue weighted by atomic mass is 9.93. The fourth-order valence-corrected chi connectivity index (χ4v) is 3.60. The Kier molecular flexibility index (Phi) is 4.47. The van der Waals surface area contributed by atoms with Gasteiger partial charge in [0, 0.05) is 38.4 Å². The van der Waals surface area contributed by atoms with Gasteiger partial charge in [-0.05, 0) is 32.8 Å². The number of rotatable bonds is 3. The van der Waals surface area contributed by atoms with E-state index in [0.29, 0.717) is 24.7 Å². The summed E-state index contributed by atoms with van der Waals surface area (Å²) < 4.78 is 6.86. The Balaban J connectivity index is 1.42. The summed E-state index contributed by atoms with van der Waals surface area (Å²) in [6.07, 6.45) is 7.15. The molecule has 3 aromatic rings. The largest absolute Gasteiger partial charge is 0.361 e. The summed E-state index contributed by atoms with van der Waals surface area (Å²) in [7, 11) is 1.81. The molecule has 0 unspecified atom stereocenters. The van der Waals surface area contributed by atoms with E-state index < -0.39 is 0 Å². The van der Waals surface area contributed by atoms with Gasteiger partial charge >= 0.3 is 0 Å². The molecule has 4 heterocycles. The summed E-state index contributed by atoms with van der Waals surface area (Å²) in [5.74, 6) is 1.05. The first-order valence-electron chi connectivity index (χ1n) is 9.07. The Hall–Kier alpha value is -3.03. The lowest BCUT2D eigenvalue weighted by Gasteiger charge is -2.31. The molecule has 0 bridgehead atoms. The minimum Gasteiger partial charge on any atom is -0.361 e. The second kappa shape index (κ2) is 6.94. The highest BCUT2D eigenvalue weighted by atomic mass is 16.5. The van der Waals surface area contributed by atoms with E-state index in [2.05, 4.69) is 20.2 Å². The number of piperidine rings is 1. The molecule has 1 fully saturated rings. The summed E-state index contributed by atoms with van der Waals surface area (Å²) in [5.41, 5.74) is 3.97. The zero-order valence-electron chi connectivity index (χ0n) is 15.7. The van der Waals surface area contributed by atoms with Gasteiger partial charge in [-0.3, -0.25) is 19.4 Å². The Bertz CT molecular complexity index is 931. The van der Waals surface area contributed by atoms with Crippen LogP contribution in [0.15, 0.2) is 29.2 Å². The lowest BCUT2D eigenvalue weighted by Crippen LogP contribution is -2.38. The first kappa shape index (κ1) is 17.4. The Labute approximate surface area is 157 Å². The molecule has 1 aliphatic rings. The summed E-state index contributed by atoms with van der Waals surface area (Å²) in [6.45, 7) is 5.18. The molecule has 3 aromatic heterocycles. The maximum atomic E-state index is 12.5. The van der Waals surface area contributed by atoms with Crippen molar-refractivity contribution in [1.82, 2.24) is 29.8 Å². The third-order valence-corrected chi connectivity index (χ3v) is 5.09.